The van der Waals surface area contributed by atoms with Gasteiger partial charge in [0.2, 0.25) is 0 Å². The Morgan fingerprint density at radius 2 is 2.00 bits per heavy atom. The molecule has 4 heterocycles. The second-order valence-corrected chi connectivity index (χ2v) is 10.3. The number of imidazole rings is 1. The number of hydrogen-bond acceptors (Lipinski definition) is 9. The highest BCUT2D eigenvalue weighted by molar-refractivity contribution is 5.96. The molecule has 12 heteroatoms. The van der Waals surface area contributed by atoms with E-state index in [0.717, 1.165) is 23.2 Å². The number of hydrogen-bond donors (Lipinski definition) is 3. The summed E-state index contributed by atoms with van der Waals surface area (Å²) in [5.41, 5.74) is 11.6. The van der Waals surface area contributed by atoms with Crippen LogP contribution in [-0.4, -0.2) is 46.6 Å². The average molecular weight is 582 g/mol. The molecule has 1 atom stereocenters. The molecule has 1 aliphatic carbocycles. The number of fused-ring (bicyclic) bond motifs is 2. The second-order valence-electron chi connectivity index (χ2n) is 10.3. The van der Waals surface area contributed by atoms with Gasteiger partial charge in [-0.25, -0.2) is 19.6 Å². The van der Waals surface area contributed by atoms with Gasteiger partial charge < -0.3 is 16.2 Å². The van der Waals surface area contributed by atoms with Gasteiger partial charge in [-0.1, -0.05) is 6.07 Å². The molecule has 0 unspecified atom stereocenters. The predicted molar refractivity (Wildman–Crippen MR) is 160 cm³/mol. The number of nitrogen functional groups attached to an aromatic ring is 1. The molecule has 214 valence electrons. The fourth-order valence-electron chi connectivity index (χ4n) is 5.54. The van der Waals surface area contributed by atoms with Gasteiger partial charge in [0.25, 0.3) is 5.91 Å². The van der Waals surface area contributed by atoms with Crippen LogP contribution in [0.5, 0.6) is 5.75 Å². The first kappa shape index (κ1) is 26.5. The zero-order valence-electron chi connectivity index (χ0n) is 23.0. The molecule has 7 rings (SSSR count). The number of aromatic nitrogens is 6. The summed E-state index contributed by atoms with van der Waals surface area (Å²) in [5, 5.41) is 26.4. The van der Waals surface area contributed by atoms with Crippen LogP contribution < -0.4 is 11.1 Å². The van der Waals surface area contributed by atoms with Crippen molar-refractivity contribution in [2.45, 2.75) is 18.9 Å². The Labute approximate surface area is 250 Å². The van der Waals surface area contributed by atoms with Gasteiger partial charge in [0, 0.05) is 23.6 Å². The summed E-state index contributed by atoms with van der Waals surface area (Å²) >= 11 is 0. The SMILES string of the molecule is N#Cc1ccn(-c2ccc3nc(-c4cccnc4N)n(-c4ccc5c(c4)CC[C@@H]5NC(=O)c4ccc(O)c(C=O)c4)c3n2)n1. The Hall–Kier alpha value is -6.35. The zero-order chi connectivity index (χ0) is 30.4. The summed E-state index contributed by atoms with van der Waals surface area (Å²) in [6.07, 6.45) is 5.23. The van der Waals surface area contributed by atoms with Crippen molar-refractivity contribution >= 4 is 29.2 Å². The molecule has 0 saturated heterocycles. The highest BCUT2D eigenvalue weighted by Gasteiger charge is 2.26. The van der Waals surface area contributed by atoms with Gasteiger partial charge in [-0.15, -0.1) is 0 Å². The number of amides is 1. The Bertz CT molecular complexity index is 2160. The second kappa shape index (κ2) is 10.5. The summed E-state index contributed by atoms with van der Waals surface area (Å²) in [6, 6.07) is 20.9. The van der Waals surface area contributed by atoms with Crippen molar-refractivity contribution in [1.29, 1.82) is 5.26 Å². The number of benzene rings is 2. The van der Waals surface area contributed by atoms with Crippen LogP contribution in [0.2, 0.25) is 0 Å². The van der Waals surface area contributed by atoms with Crippen molar-refractivity contribution in [3.05, 3.63) is 107 Å². The topological polar surface area (TPSA) is 178 Å². The van der Waals surface area contributed by atoms with Gasteiger partial charge in [-0.05, 0) is 84.6 Å². The largest absolute Gasteiger partial charge is 0.507 e. The van der Waals surface area contributed by atoms with E-state index in [1.54, 1.807) is 30.6 Å². The number of phenols is 1. The molecule has 4 aromatic heterocycles. The number of nitrogens with one attached hydrogen (secondary N) is 1. The average Bonchev–Trinajstić information content (AvgIpc) is 3.78. The summed E-state index contributed by atoms with van der Waals surface area (Å²) in [7, 11) is 0. The zero-order valence-corrected chi connectivity index (χ0v) is 23.0. The van der Waals surface area contributed by atoms with E-state index in [4.69, 9.17) is 15.7 Å². The molecule has 6 aromatic rings. The van der Waals surface area contributed by atoms with E-state index in [0.29, 0.717) is 52.5 Å². The third-order valence-corrected chi connectivity index (χ3v) is 7.69. The molecule has 0 aliphatic heterocycles. The lowest BCUT2D eigenvalue weighted by molar-refractivity contribution is 0.0936. The fraction of sp³-hybridized carbons (Fsp3) is 0.0938. The highest BCUT2D eigenvalue weighted by Crippen LogP contribution is 2.36. The number of pyridine rings is 2. The Balaban J connectivity index is 1.29. The van der Waals surface area contributed by atoms with Crippen LogP contribution in [0.25, 0.3) is 34.1 Å². The quantitative estimate of drug-likeness (QED) is 0.245. The first-order valence-corrected chi connectivity index (χ1v) is 13.7. The highest BCUT2D eigenvalue weighted by atomic mass is 16.3. The minimum atomic E-state index is -0.333. The number of phenolic OH excluding ortho intramolecular Hbond substituents is 1. The van der Waals surface area contributed by atoms with E-state index >= 15 is 0 Å². The van der Waals surface area contributed by atoms with Crippen molar-refractivity contribution in [3.8, 4) is 34.7 Å². The minimum absolute atomic E-state index is 0.0570. The van der Waals surface area contributed by atoms with Crippen LogP contribution in [0.1, 0.15) is 50.0 Å². The molecular formula is C32H23N9O3. The van der Waals surface area contributed by atoms with E-state index in [2.05, 4.69) is 21.5 Å². The third-order valence-electron chi connectivity index (χ3n) is 7.69. The first-order chi connectivity index (χ1) is 21.4. The summed E-state index contributed by atoms with van der Waals surface area (Å²) in [6.45, 7) is 0. The normalized spacial score (nSPS) is 13.8. The molecule has 0 saturated carbocycles. The molecule has 12 nitrogen and oxygen atoms in total. The van der Waals surface area contributed by atoms with Gasteiger partial charge in [-0.2, -0.15) is 10.4 Å². The summed E-state index contributed by atoms with van der Waals surface area (Å²) < 4.78 is 3.46. The monoisotopic (exact) mass is 581 g/mol. The van der Waals surface area contributed by atoms with E-state index < -0.39 is 0 Å². The van der Waals surface area contributed by atoms with Gasteiger partial charge in [0.1, 0.15) is 23.2 Å². The first-order valence-electron chi connectivity index (χ1n) is 13.7. The number of aryl methyl sites for hydroxylation is 1. The van der Waals surface area contributed by atoms with Crippen LogP contribution in [-0.2, 0) is 6.42 Å². The Morgan fingerprint density at radius 3 is 2.80 bits per heavy atom. The lowest BCUT2D eigenvalue weighted by Crippen LogP contribution is -2.27. The third kappa shape index (κ3) is 4.49. The lowest BCUT2D eigenvalue weighted by atomic mass is 10.1. The van der Waals surface area contributed by atoms with Crippen LogP contribution in [0, 0.1) is 11.3 Å². The van der Waals surface area contributed by atoms with Gasteiger partial charge in [0.15, 0.2) is 29.3 Å². The number of nitriles is 1. The maximum atomic E-state index is 13.0. The van der Waals surface area contributed by atoms with E-state index in [-0.39, 0.29) is 29.0 Å². The van der Waals surface area contributed by atoms with Crippen LogP contribution in [0.4, 0.5) is 5.82 Å². The number of aldehydes is 1. The predicted octanol–water partition coefficient (Wildman–Crippen LogP) is 4.06. The number of nitrogens with two attached hydrogens (primary N) is 1. The van der Waals surface area contributed by atoms with Crippen molar-refractivity contribution in [2.75, 3.05) is 5.73 Å². The van der Waals surface area contributed by atoms with Crippen LogP contribution >= 0.6 is 0 Å². The lowest BCUT2D eigenvalue weighted by Gasteiger charge is -2.16. The van der Waals surface area contributed by atoms with Crippen LogP contribution in [0.3, 0.4) is 0 Å². The van der Waals surface area contributed by atoms with Crippen molar-refractivity contribution in [2.24, 2.45) is 0 Å². The maximum Gasteiger partial charge on any atom is 0.251 e. The molecule has 0 radical (unpaired) electrons. The summed E-state index contributed by atoms with van der Waals surface area (Å²) in [4.78, 5) is 38.3. The number of carbonyl (C=O) groups excluding carboxylic acids is 2. The minimum Gasteiger partial charge on any atom is -0.507 e. The fourth-order valence-corrected chi connectivity index (χ4v) is 5.54. The Kier molecular flexibility index (Phi) is 6.33. The van der Waals surface area contributed by atoms with Crippen molar-refractivity contribution in [1.82, 2.24) is 34.6 Å². The number of carbonyl (C=O) groups is 2. The molecule has 0 fully saturated rings. The van der Waals surface area contributed by atoms with Gasteiger partial charge >= 0.3 is 0 Å². The maximum absolute atomic E-state index is 13.0. The van der Waals surface area contributed by atoms with E-state index in [9.17, 15) is 20.0 Å². The molecule has 2 aromatic carbocycles. The van der Waals surface area contributed by atoms with Gasteiger partial charge in [-0.3, -0.25) is 14.2 Å². The molecule has 44 heavy (non-hydrogen) atoms. The molecular weight excluding hydrogens is 558 g/mol. The molecule has 1 aliphatic rings. The number of anilines is 1. The van der Waals surface area contributed by atoms with Gasteiger partial charge in [0.05, 0.1) is 17.2 Å². The van der Waals surface area contributed by atoms with Crippen molar-refractivity contribution in [3.63, 3.8) is 0 Å². The van der Waals surface area contributed by atoms with Crippen molar-refractivity contribution < 1.29 is 14.7 Å². The molecule has 1 amide bonds. The number of rotatable bonds is 6. The van der Waals surface area contributed by atoms with E-state index in [1.165, 1.54) is 22.9 Å². The Morgan fingerprint density at radius 1 is 1.11 bits per heavy atom. The molecule has 0 spiro atoms. The van der Waals surface area contributed by atoms with Crippen LogP contribution in [0.15, 0.2) is 79.1 Å². The summed E-state index contributed by atoms with van der Waals surface area (Å²) in [5.74, 6) is 0.898. The standard InChI is InChI=1S/C32H23N9O3/c33-16-21-11-13-40(39-21)28-10-8-26-31(38-28)41(30(36-26)24-2-1-12-35-29(24)34)22-5-6-23-18(15-22)3-7-25(23)37-32(44)19-4-9-27(43)20(14-19)17-42/h1-2,4-6,8-15,17,25,43H,3,7H2,(H2,34,35)(H,37,44)/t25-/m0/s1. The number of aromatic hydroxyl groups is 1. The smallest absolute Gasteiger partial charge is 0.251 e. The van der Waals surface area contributed by atoms with E-state index in [1.807, 2.05) is 34.9 Å². The molecule has 4 N–H and O–H groups in total. The molecule has 0 bridgehead atoms. The number of nitrogens with zero attached hydrogens (tertiary/aromatic N) is 7.